The standard InChI is InChI=1S/C9H8ClNS/c1-5-3-4-7(10)9-8(5)11-6(2)12-9/h3-4H,1-2H3. The van der Waals surface area contributed by atoms with Gasteiger partial charge >= 0.3 is 0 Å². The SMILES string of the molecule is Cc1nc2c(C)ccc(Cl)c2s1. The zero-order valence-electron chi connectivity index (χ0n) is 6.89. The van der Waals surface area contributed by atoms with Gasteiger partial charge < -0.3 is 0 Å². The Labute approximate surface area is 80.0 Å². The molecule has 3 heteroatoms. The Hall–Kier alpha value is -0.600. The van der Waals surface area contributed by atoms with E-state index in [9.17, 15) is 0 Å². The minimum atomic E-state index is 0.807. The summed E-state index contributed by atoms with van der Waals surface area (Å²) in [5, 5.41) is 1.88. The second-order valence-corrected chi connectivity index (χ2v) is 4.39. The molecule has 1 aromatic heterocycles. The zero-order valence-corrected chi connectivity index (χ0v) is 8.46. The summed E-state index contributed by atoms with van der Waals surface area (Å²) in [5.41, 5.74) is 2.24. The van der Waals surface area contributed by atoms with E-state index in [0.717, 1.165) is 20.2 Å². The predicted octanol–water partition coefficient (Wildman–Crippen LogP) is 3.57. The van der Waals surface area contributed by atoms with Crippen molar-refractivity contribution in [3.63, 3.8) is 0 Å². The molecule has 0 fully saturated rings. The number of aromatic nitrogens is 1. The molecule has 12 heavy (non-hydrogen) atoms. The van der Waals surface area contributed by atoms with E-state index in [0.29, 0.717) is 0 Å². The van der Waals surface area contributed by atoms with Gasteiger partial charge in [0.2, 0.25) is 0 Å². The van der Waals surface area contributed by atoms with E-state index < -0.39 is 0 Å². The molecule has 62 valence electrons. The van der Waals surface area contributed by atoms with E-state index >= 15 is 0 Å². The lowest BCUT2D eigenvalue weighted by Gasteiger charge is -1.94. The summed E-state index contributed by atoms with van der Waals surface area (Å²) >= 11 is 7.66. The fourth-order valence-corrected chi connectivity index (χ4v) is 2.38. The molecule has 0 aliphatic rings. The number of benzene rings is 1. The number of thiazole rings is 1. The quantitative estimate of drug-likeness (QED) is 0.629. The van der Waals surface area contributed by atoms with E-state index in [-0.39, 0.29) is 0 Å². The highest BCUT2D eigenvalue weighted by atomic mass is 35.5. The van der Waals surface area contributed by atoms with Gasteiger partial charge in [-0.25, -0.2) is 4.98 Å². The molecule has 0 aliphatic heterocycles. The molecule has 0 bridgehead atoms. The second-order valence-electron chi connectivity index (χ2n) is 2.77. The molecule has 1 heterocycles. The van der Waals surface area contributed by atoms with Crippen LogP contribution < -0.4 is 0 Å². The average Bonchev–Trinajstić information content (AvgIpc) is 2.41. The Morgan fingerprint density at radius 2 is 2.08 bits per heavy atom. The van der Waals surface area contributed by atoms with Gasteiger partial charge in [-0.3, -0.25) is 0 Å². The smallest absolute Gasteiger partial charge is 0.0908 e. The van der Waals surface area contributed by atoms with Crippen LogP contribution in [-0.4, -0.2) is 4.98 Å². The lowest BCUT2D eigenvalue weighted by Crippen LogP contribution is -1.76. The number of rotatable bonds is 0. The van der Waals surface area contributed by atoms with E-state index in [1.807, 2.05) is 19.1 Å². The number of hydrogen-bond acceptors (Lipinski definition) is 2. The maximum Gasteiger partial charge on any atom is 0.0908 e. The molecule has 0 aliphatic carbocycles. The van der Waals surface area contributed by atoms with E-state index in [4.69, 9.17) is 11.6 Å². The van der Waals surface area contributed by atoms with Crippen LogP contribution in [-0.2, 0) is 0 Å². The van der Waals surface area contributed by atoms with Gasteiger partial charge in [0.15, 0.2) is 0 Å². The van der Waals surface area contributed by atoms with Crippen molar-refractivity contribution < 1.29 is 0 Å². The van der Waals surface area contributed by atoms with Crippen LogP contribution in [0.4, 0.5) is 0 Å². The Balaban J connectivity index is 2.93. The van der Waals surface area contributed by atoms with Crippen molar-refractivity contribution in [2.24, 2.45) is 0 Å². The molecule has 2 rings (SSSR count). The largest absolute Gasteiger partial charge is 0.241 e. The Morgan fingerprint density at radius 1 is 1.33 bits per heavy atom. The minimum Gasteiger partial charge on any atom is -0.241 e. The van der Waals surface area contributed by atoms with Crippen LogP contribution in [0.1, 0.15) is 10.6 Å². The monoisotopic (exact) mass is 197 g/mol. The maximum absolute atomic E-state index is 6.01. The fraction of sp³-hybridized carbons (Fsp3) is 0.222. The molecule has 0 unspecified atom stereocenters. The molecule has 0 amide bonds. The van der Waals surface area contributed by atoms with Crippen LogP contribution in [0.5, 0.6) is 0 Å². The predicted molar refractivity (Wildman–Crippen MR) is 54.1 cm³/mol. The van der Waals surface area contributed by atoms with Crippen molar-refractivity contribution in [1.29, 1.82) is 0 Å². The van der Waals surface area contributed by atoms with Crippen LogP contribution in [0, 0.1) is 13.8 Å². The highest BCUT2D eigenvalue weighted by Gasteiger charge is 2.05. The summed E-state index contributed by atoms with van der Waals surface area (Å²) in [7, 11) is 0. The highest BCUT2D eigenvalue weighted by molar-refractivity contribution is 7.19. The van der Waals surface area contributed by atoms with Crippen LogP contribution in [0.3, 0.4) is 0 Å². The van der Waals surface area contributed by atoms with Crippen molar-refractivity contribution in [2.45, 2.75) is 13.8 Å². The van der Waals surface area contributed by atoms with Gasteiger partial charge in [0.05, 0.1) is 20.2 Å². The fourth-order valence-electron chi connectivity index (χ4n) is 1.21. The third kappa shape index (κ3) is 1.11. The molecule has 2 aromatic rings. The maximum atomic E-state index is 6.01. The van der Waals surface area contributed by atoms with Gasteiger partial charge in [0, 0.05) is 0 Å². The number of hydrogen-bond donors (Lipinski definition) is 0. The minimum absolute atomic E-state index is 0.807. The molecule has 1 nitrogen and oxygen atoms in total. The molecular formula is C9H8ClNS. The number of nitrogens with zero attached hydrogens (tertiary/aromatic N) is 1. The second kappa shape index (κ2) is 2.71. The Kier molecular flexibility index (Phi) is 1.81. The van der Waals surface area contributed by atoms with Crippen molar-refractivity contribution in [1.82, 2.24) is 4.98 Å². The van der Waals surface area contributed by atoms with E-state index in [1.54, 1.807) is 11.3 Å². The Morgan fingerprint density at radius 3 is 2.75 bits per heavy atom. The van der Waals surface area contributed by atoms with E-state index in [1.165, 1.54) is 5.56 Å². The first-order valence-corrected chi connectivity index (χ1v) is 4.90. The number of halogens is 1. The number of fused-ring (bicyclic) bond motifs is 1. The van der Waals surface area contributed by atoms with Crippen LogP contribution in [0.15, 0.2) is 12.1 Å². The zero-order chi connectivity index (χ0) is 8.72. The molecule has 0 N–H and O–H groups in total. The first-order valence-electron chi connectivity index (χ1n) is 3.71. The van der Waals surface area contributed by atoms with Gasteiger partial charge in [0.25, 0.3) is 0 Å². The Bertz CT molecular complexity index is 394. The summed E-state index contributed by atoms with van der Waals surface area (Å²) in [6.45, 7) is 4.05. The first kappa shape index (κ1) is 8.02. The van der Waals surface area contributed by atoms with Crippen molar-refractivity contribution >= 4 is 33.2 Å². The van der Waals surface area contributed by atoms with Gasteiger partial charge in [-0.2, -0.15) is 0 Å². The van der Waals surface area contributed by atoms with Crippen LogP contribution >= 0.6 is 22.9 Å². The summed E-state index contributed by atoms with van der Waals surface area (Å²) in [6.07, 6.45) is 0. The third-order valence-corrected chi connectivity index (χ3v) is 3.24. The third-order valence-electron chi connectivity index (χ3n) is 1.80. The van der Waals surface area contributed by atoms with Crippen molar-refractivity contribution in [3.8, 4) is 0 Å². The highest BCUT2D eigenvalue weighted by Crippen LogP contribution is 2.30. The topological polar surface area (TPSA) is 12.9 Å². The van der Waals surface area contributed by atoms with Crippen LogP contribution in [0.25, 0.3) is 10.2 Å². The molecule has 0 atom stereocenters. The lowest BCUT2D eigenvalue weighted by molar-refractivity contribution is 1.32. The summed E-state index contributed by atoms with van der Waals surface area (Å²) in [6, 6.07) is 3.93. The van der Waals surface area contributed by atoms with Gasteiger partial charge in [-0.05, 0) is 25.5 Å². The summed E-state index contributed by atoms with van der Waals surface area (Å²) in [5.74, 6) is 0. The van der Waals surface area contributed by atoms with Crippen molar-refractivity contribution in [2.75, 3.05) is 0 Å². The molecular weight excluding hydrogens is 190 g/mol. The first-order chi connectivity index (χ1) is 5.68. The molecule has 1 aromatic carbocycles. The van der Waals surface area contributed by atoms with Gasteiger partial charge in [-0.15, -0.1) is 11.3 Å². The lowest BCUT2D eigenvalue weighted by atomic mass is 10.2. The summed E-state index contributed by atoms with van der Waals surface area (Å²) < 4.78 is 1.11. The normalized spacial score (nSPS) is 10.9. The molecule has 0 radical (unpaired) electrons. The summed E-state index contributed by atoms with van der Waals surface area (Å²) in [4.78, 5) is 4.41. The molecule has 0 saturated heterocycles. The number of aryl methyl sites for hydroxylation is 2. The van der Waals surface area contributed by atoms with Crippen LogP contribution in [0.2, 0.25) is 5.02 Å². The molecule has 0 spiro atoms. The molecule has 0 saturated carbocycles. The van der Waals surface area contributed by atoms with Gasteiger partial charge in [-0.1, -0.05) is 17.7 Å². The van der Waals surface area contributed by atoms with E-state index in [2.05, 4.69) is 11.9 Å². The average molecular weight is 198 g/mol. The van der Waals surface area contributed by atoms with Gasteiger partial charge in [0.1, 0.15) is 0 Å². The van der Waals surface area contributed by atoms with Crippen molar-refractivity contribution in [3.05, 3.63) is 27.7 Å².